The van der Waals surface area contributed by atoms with Crippen molar-refractivity contribution in [2.45, 2.75) is 31.8 Å². The van der Waals surface area contributed by atoms with Crippen LogP contribution in [0.25, 0.3) is 0 Å². The van der Waals surface area contributed by atoms with Gasteiger partial charge in [0.1, 0.15) is 11.5 Å². The van der Waals surface area contributed by atoms with E-state index in [1.54, 1.807) is 18.4 Å². The van der Waals surface area contributed by atoms with Crippen LogP contribution in [-0.4, -0.2) is 40.4 Å². The number of carbonyl (C=O) groups is 1. The molecule has 1 N–H and O–H groups in total. The summed E-state index contributed by atoms with van der Waals surface area (Å²) in [5, 5.41) is 9.49. The summed E-state index contributed by atoms with van der Waals surface area (Å²) in [4.78, 5) is 17.3. The van der Waals surface area contributed by atoms with Crippen molar-refractivity contribution in [3.8, 4) is 5.75 Å². The van der Waals surface area contributed by atoms with E-state index in [0.717, 1.165) is 37.3 Å². The first-order chi connectivity index (χ1) is 14.7. The lowest BCUT2D eigenvalue weighted by atomic mass is 9.89. The minimum atomic E-state index is 0.123. The summed E-state index contributed by atoms with van der Waals surface area (Å²) in [6, 6.07) is 21.4. The van der Waals surface area contributed by atoms with Gasteiger partial charge in [-0.2, -0.15) is 0 Å². The van der Waals surface area contributed by atoms with Crippen molar-refractivity contribution in [1.82, 2.24) is 9.80 Å². The Hall–Kier alpha value is -3.05. The number of amides is 1. The zero-order valence-corrected chi connectivity index (χ0v) is 17.1. The van der Waals surface area contributed by atoms with E-state index >= 15 is 0 Å². The number of carbonyl (C=O) groups excluding carboxylic acids is 1. The number of nitrogens with zero attached hydrogens (tertiary/aromatic N) is 2. The maximum absolute atomic E-state index is 13.1. The smallest absolute Gasteiger partial charge is 0.237 e. The Morgan fingerprint density at radius 1 is 0.967 bits per heavy atom. The predicted octanol–water partition coefficient (Wildman–Crippen LogP) is 4.39. The maximum Gasteiger partial charge on any atom is 0.237 e. The molecule has 2 heterocycles. The Morgan fingerprint density at radius 3 is 2.37 bits per heavy atom. The van der Waals surface area contributed by atoms with Gasteiger partial charge in [-0.15, -0.1) is 0 Å². The van der Waals surface area contributed by atoms with Crippen LogP contribution in [0.3, 0.4) is 0 Å². The molecule has 1 aliphatic rings. The highest BCUT2D eigenvalue weighted by atomic mass is 16.3. The van der Waals surface area contributed by atoms with Crippen molar-refractivity contribution in [2.75, 3.05) is 19.6 Å². The number of rotatable bonds is 7. The third kappa shape index (κ3) is 5.30. The summed E-state index contributed by atoms with van der Waals surface area (Å²) in [5.74, 6) is 1.71. The summed E-state index contributed by atoms with van der Waals surface area (Å²) in [6.45, 7) is 3.28. The van der Waals surface area contributed by atoms with Crippen molar-refractivity contribution in [3.63, 3.8) is 0 Å². The van der Waals surface area contributed by atoms with E-state index in [0.29, 0.717) is 31.3 Å². The molecule has 2 aromatic carbocycles. The Morgan fingerprint density at radius 2 is 1.70 bits per heavy atom. The van der Waals surface area contributed by atoms with Gasteiger partial charge in [0, 0.05) is 6.54 Å². The molecule has 0 spiro atoms. The first-order valence-corrected chi connectivity index (χ1v) is 10.5. The van der Waals surface area contributed by atoms with Gasteiger partial charge >= 0.3 is 0 Å². The number of piperidine rings is 1. The fourth-order valence-corrected chi connectivity index (χ4v) is 4.09. The fraction of sp³-hybridized carbons (Fsp3) is 0.320. The maximum atomic E-state index is 13.1. The molecule has 1 aliphatic heterocycles. The Kier molecular flexibility index (Phi) is 6.50. The lowest BCUT2D eigenvalue weighted by Crippen LogP contribution is -2.42. The average Bonchev–Trinajstić information content (AvgIpc) is 3.28. The molecule has 4 rings (SSSR count). The quantitative estimate of drug-likeness (QED) is 0.634. The van der Waals surface area contributed by atoms with Crippen LogP contribution in [0.2, 0.25) is 0 Å². The predicted molar refractivity (Wildman–Crippen MR) is 116 cm³/mol. The monoisotopic (exact) mass is 404 g/mol. The number of aromatic hydroxyl groups is 1. The topological polar surface area (TPSA) is 56.9 Å². The van der Waals surface area contributed by atoms with E-state index < -0.39 is 0 Å². The molecule has 1 fully saturated rings. The van der Waals surface area contributed by atoms with E-state index in [-0.39, 0.29) is 5.91 Å². The largest absolute Gasteiger partial charge is 0.508 e. The molecule has 5 nitrogen and oxygen atoms in total. The molecule has 1 saturated heterocycles. The summed E-state index contributed by atoms with van der Waals surface area (Å²) >= 11 is 0. The van der Waals surface area contributed by atoms with Crippen LogP contribution in [0.15, 0.2) is 77.4 Å². The molecule has 0 saturated carbocycles. The summed E-state index contributed by atoms with van der Waals surface area (Å²) in [6.07, 6.45) is 3.69. The molecule has 0 radical (unpaired) electrons. The second-order valence-electron chi connectivity index (χ2n) is 7.96. The minimum absolute atomic E-state index is 0.123. The highest BCUT2D eigenvalue weighted by molar-refractivity contribution is 5.78. The van der Waals surface area contributed by atoms with Crippen LogP contribution < -0.4 is 0 Å². The van der Waals surface area contributed by atoms with Crippen molar-refractivity contribution in [1.29, 1.82) is 0 Å². The third-order valence-electron chi connectivity index (χ3n) is 5.81. The molecule has 0 bridgehead atoms. The minimum Gasteiger partial charge on any atom is -0.508 e. The molecule has 3 aromatic rings. The first-order valence-electron chi connectivity index (χ1n) is 10.5. The zero-order chi connectivity index (χ0) is 20.8. The number of benzene rings is 2. The van der Waals surface area contributed by atoms with Gasteiger partial charge < -0.3 is 14.4 Å². The van der Waals surface area contributed by atoms with Crippen LogP contribution >= 0.6 is 0 Å². The van der Waals surface area contributed by atoms with E-state index in [1.807, 2.05) is 59.5 Å². The molecule has 0 atom stereocenters. The van der Waals surface area contributed by atoms with Crippen molar-refractivity contribution < 1.29 is 14.3 Å². The van der Waals surface area contributed by atoms with E-state index in [9.17, 15) is 9.90 Å². The number of hydrogen-bond donors (Lipinski definition) is 1. The van der Waals surface area contributed by atoms with Crippen LogP contribution in [-0.2, 0) is 17.9 Å². The Balaban J connectivity index is 1.35. The molecule has 0 aliphatic carbocycles. The third-order valence-corrected chi connectivity index (χ3v) is 5.81. The number of hydrogen-bond acceptors (Lipinski definition) is 4. The standard InChI is InChI=1S/C25H28N2O3/c28-23-10-8-21(9-11-23)22-12-14-26(15-13-22)19-25(29)27(18-24-7-4-16-30-24)17-20-5-2-1-3-6-20/h1-11,16,22,28H,12-15,17-19H2. The van der Waals surface area contributed by atoms with E-state index in [1.165, 1.54) is 5.56 Å². The average molecular weight is 405 g/mol. The highest BCUT2D eigenvalue weighted by Crippen LogP contribution is 2.29. The molecule has 5 heteroatoms. The van der Waals surface area contributed by atoms with E-state index in [4.69, 9.17) is 4.42 Å². The Bertz CT molecular complexity index is 915. The molecule has 156 valence electrons. The molecular formula is C25H28N2O3. The molecular weight excluding hydrogens is 376 g/mol. The number of furan rings is 1. The van der Waals surface area contributed by atoms with Crippen molar-refractivity contribution in [2.24, 2.45) is 0 Å². The van der Waals surface area contributed by atoms with Gasteiger partial charge in [0.05, 0.1) is 19.4 Å². The SMILES string of the molecule is O=C(CN1CCC(c2ccc(O)cc2)CC1)N(Cc1ccccc1)Cc1ccco1. The number of likely N-dealkylation sites (tertiary alicyclic amines) is 1. The van der Waals surface area contributed by atoms with Gasteiger partial charge in [0.25, 0.3) is 0 Å². The van der Waals surface area contributed by atoms with Gasteiger partial charge in [-0.25, -0.2) is 0 Å². The summed E-state index contributed by atoms with van der Waals surface area (Å²) in [7, 11) is 0. The van der Waals surface area contributed by atoms with Crippen molar-refractivity contribution in [3.05, 3.63) is 89.9 Å². The van der Waals surface area contributed by atoms with Gasteiger partial charge in [-0.3, -0.25) is 9.69 Å². The molecule has 0 unspecified atom stereocenters. The van der Waals surface area contributed by atoms with Gasteiger partial charge in [0.15, 0.2) is 0 Å². The second-order valence-corrected chi connectivity index (χ2v) is 7.96. The fourth-order valence-electron chi connectivity index (χ4n) is 4.09. The number of phenols is 1. The molecule has 1 amide bonds. The van der Waals surface area contributed by atoms with Crippen LogP contribution in [0.4, 0.5) is 0 Å². The van der Waals surface area contributed by atoms with Gasteiger partial charge in [-0.05, 0) is 67.2 Å². The van der Waals surface area contributed by atoms with Gasteiger partial charge in [-0.1, -0.05) is 42.5 Å². The zero-order valence-electron chi connectivity index (χ0n) is 17.1. The summed E-state index contributed by atoms with van der Waals surface area (Å²) in [5.41, 5.74) is 2.38. The Labute approximate surface area is 177 Å². The van der Waals surface area contributed by atoms with E-state index in [2.05, 4.69) is 4.90 Å². The van der Waals surface area contributed by atoms with Gasteiger partial charge in [0.2, 0.25) is 5.91 Å². The summed E-state index contributed by atoms with van der Waals surface area (Å²) < 4.78 is 5.49. The molecule has 1 aromatic heterocycles. The van der Waals surface area contributed by atoms with Crippen molar-refractivity contribution >= 4 is 5.91 Å². The number of phenolic OH excluding ortho intramolecular Hbond substituents is 1. The normalized spacial score (nSPS) is 15.2. The first kappa shape index (κ1) is 20.2. The lowest BCUT2D eigenvalue weighted by molar-refractivity contribution is -0.134. The highest BCUT2D eigenvalue weighted by Gasteiger charge is 2.24. The van der Waals surface area contributed by atoms with Crippen LogP contribution in [0, 0.1) is 0 Å². The lowest BCUT2D eigenvalue weighted by Gasteiger charge is -2.33. The van der Waals surface area contributed by atoms with Crippen LogP contribution in [0.5, 0.6) is 5.75 Å². The molecule has 30 heavy (non-hydrogen) atoms. The second kappa shape index (κ2) is 9.63. The van der Waals surface area contributed by atoms with Crippen LogP contribution in [0.1, 0.15) is 35.6 Å².